The van der Waals surface area contributed by atoms with Crippen molar-refractivity contribution in [1.82, 2.24) is 0 Å². The minimum atomic E-state index is -1.16. The molecule has 0 aliphatic heterocycles. The zero-order valence-electron chi connectivity index (χ0n) is 6.01. The van der Waals surface area contributed by atoms with E-state index in [0.717, 1.165) is 0 Å². The number of hydrogen-bond acceptors (Lipinski definition) is 2. The summed E-state index contributed by atoms with van der Waals surface area (Å²) < 4.78 is 12.3. The quantitative estimate of drug-likeness (QED) is 0.709. The van der Waals surface area contributed by atoms with Gasteiger partial charge in [0.15, 0.2) is 0 Å². The molecular formula is C8H6AgFO2. The Morgan fingerprint density at radius 1 is 1.33 bits per heavy atom. The Bertz CT molecular complexity index is 258. The molecule has 0 amide bonds. The molecule has 1 aromatic carbocycles. The second kappa shape index (κ2) is 5.09. The number of aliphatic carboxylic acids is 1. The third kappa shape index (κ3) is 3.67. The molecule has 12 heavy (non-hydrogen) atoms. The molecule has 1 rings (SSSR count). The van der Waals surface area contributed by atoms with Crippen LogP contribution in [0, 0.1) is 5.82 Å². The monoisotopic (exact) mass is 260 g/mol. The number of carboxylic acids is 1. The van der Waals surface area contributed by atoms with Gasteiger partial charge in [-0.15, -0.1) is 0 Å². The smallest absolute Gasteiger partial charge is 0.550 e. The van der Waals surface area contributed by atoms with Gasteiger partial charge in [0, 0.05) is 12.4 Å². The van der Waals surface area contributed by atoms with Crippen LogP contribution in [0.4, 0.5) is 4.39 Å². The fraction of sp³-hybridized carbons (Fsp3) is 0.125. The fourth-order valence-electron chi connectivity index (χ4n) is 0.769. The summed E-state index contributed by atoms with van der Waals surface area (Å²) in [5, 5.41) is 10.0. The van der Waals surface area contributed by atoms with Crippen LogP contribution >= 0.6 is 0 Å². The molecule has 0 heterocycles. The zero-order valence-corrected chi connectivity index (χ0v) is 7.49. The van der Waals surface area contributed by atoms with E-state index in [0.29, 0.717) is 5.56 Å². The van der Waals surface area contributed by atoms with Gasteiger partial charge in [0.05, 0.1) is 0 Å². The molecule has 0 aliphatic rings. The maximum Gasteiger partial charge on any atom is 1.00 e. The first-order valence-corrected chi connectivity index (χ1v) is 3.13. The van der Waals surface area contributed by atoms with Crippen LogP contribution in [0.25, 0.3) is 0 Å². The van der Waals surface area contributed by atoms with Gasteiger partial charge in [-0.25, -0.2) is 4.39 Å². The van der Waals surface area contributed by atoms with E-state index in [1.165, 1.54) is 24.3 Å². The Morgan fingerprint density at radius 3 is 2.25 bits per heavy atom. The molecule has 0 unspecified atom stereocenters. The third-order valence-electron chi connectivity index (χ3n) is 1.26. The molecular weight excluding hydrogens is 255 g/mol. The molecule has 0 fully saturated rings. The van der Waals surface area contributed by atoms with E-state index in [2.05, 4.69) is 0 Å². The van der Waals surface area contributed by atoms with E-state index in [4.69, 9.17) is 0 Å². The normalized spacial score (nSPS) is 8.75. The third-order valence-corrected chi connectivity index (χ3v) is 1.26. The number of carbonyl (C=O) groups excluding carboxylic acids is 1. The van der Waals surface area contributed by atoms with E-state index in [1.807, 2.05) is 0 Å². The summed E-state index contributed by atoms with van der Waals surface area (Å²) in [7, 11) is 0. The molecule has 0 radical (unpaired) electrons. The van der Waals surface area contributed by atoms with Crippen molar-refractivity contribution in [3.63, 3.8) is 0 Å². The van der Waals surface area contributed by atoms with Crippen LogP contribution in [0.1, 0.15) is 5.56 Å². The van der Waals surface area contributed by atoms with E-state index in [1.54, 1.807) is 0 Å². The van der Waals surface area contributed by atoms with Gasteiger partial charge in [-0.3, -0.25) is 0 Å². The minimum Gasteiger partial charge on any atom is -0.550 e. The van der Waals surface area contributed by atoms with Crippen molar-refractivity contribution in [2.45, 2.75) is 6.42 Å². The number of rotatable bonds is 2. The average Bonchev–Trinajstić information content (AvgIpc) is 1.93. The molecule has 0 aliphatic carbocycles. The van der Waals surface area contributed by atoms with E-state index in [-0.39, 0.29) is 34.6 Å². The van der Waals surface area contributed by atoms with Gasteiger partial charge in [-0.05, 0) is 17.7 Å². The topological polar surface area (TPSA) is 40.1 Å². The number of halogens is 1. The molecule has 2 nitrogen and oxygen atoms in total. The van der Waals surface area contributed by atoms with Gasteiger partial charge in [-0.1, -0.05) is 12.1 Å². The van der Waals surface area contributed by atoms with Crippen LogP contribution in [0.5, 0.6) is 0 Å². The Morgan fingerprint density at radius 2 is 1.83 bits per heavy atom. The molecule has 0 saturated heterocycles. The second-order valence-electron chi connectivity index (χ2n) is 2.18. The summed E-state index contributed by atoms with van der Waals surface area (Å²) in [6.07, 6.45) is -0.166. The van der Waals surface area contributed by atoms with Crippen LogP contribution in [0.3, 0.4) is 0 Å². The van der Waals surface area contributed by atoms with E-state index < -0.39 is 5.97 Å². The number of hydrogen-bond donors (Lipinski definition) is 0. The molecule has 0 saturated carbocycles. The summed E-state index contributed by atoms with van der Waals surface area (Å²) in [4.78, 5) is 10.0. The molecule has 0 spiro atoms. The summed E-state index contributed by atoms with van der Waals surface area (Å²) >= 11 is 0. The number of carbonyl (C=O) groups is 1. The Labute approximate surface area is 84.9 Å². The number of benzene rings is 1. The predicted molar refractivity (Wildman–Crippen MR) is 35.1 cm³/mol. The zero-order chi connectivity index (χ0) is 8.27. The maximum absolute atomic E-state index is 12.3. The van der Waals surface area contributed by atoms with Crippen molar-refractivity contribution in [3.8, 4) is 0 Å². The Kier molecular flexibility index (Phi) is 4.81. The maximum atomic E-state index is 12.3. The van der Waals surface area contributed by atoms with Gasteiger partial charge < -0.3 is 9.90 Å². The van der Waals surface area contributed by atoms with Crippen molar-refractivity contribution in [1.29, 1.82) is 0 Å². The molecule has 0 bridgehead atoms. The molecule has 0 aromatic heterocycles. The van der Waals surface area contributed by atoms with Gasteiger partial charge >= 0.3 is 22.4 Å². The van der Waals surface area contributed by atoms with Crippen LogP contribution in [-0.4, -0.2) is 5.97 Å². The van der Waals surface area contributed by atoms with Crippen LogP contribution in [0.2, 0.25) is 0 Å². The summed E-state index contributed by atoms with van der Waals surface area (Å²) in [5.74, 6) is -1.52. The van der Waals surface area contributed by atoms with Crippen LogP contribution in [0.15, 0.2) is 24.3 Å². The van der Waals surface area contributed by atoms with Gasteiger partial charge in [-0.2, -0.15) is 0 Å². The van der Waals surface area contributed by atoms with Crippen LogP contribution < -0.4 is 5.11 Å². The largest absolute Gasteiger partial charge is 1.00 e. The number of carboxylic acid groups (broad SMARTS) is 1. The minimum absolute atomic E-state index is 0. The standard InChI is InChI=1S/C8H7FO2.Ag/c9-7-3-1-6(2-4-7)5-8(10)11;/h1-4H,5H2,(H,10,11);/q;+1/p-1. The summed E-state index contributed by atoms with van der Waals surface area (Å²) in [6.45, 7) is 0. The Hall–Kier alpha value is -0.640. The predicted octanol–water partition coefficient (Wildman–Crippen LogP) is 0.116. The SMILES string of the molecule is O=C([O-])Cc1ccc(F)cc1.[Ag+]. The molecule has 0 N–H and O–H groups in total. The first kappa shape index (κ1) is 11.4. The Balaban J connectivity index is 0.00000121. The van der Waals surface area contributed by atoms with Gasteiger partial charge in [0.1, 0.15) is 5.82 Å². The fourth-order valence-corrected chi connectivity index (χ4v) is 0.769. The van der Waals surface area contributed by atoms with Crippen molar-refractivity contribution < 1.29 is 36.7 Å². The molecule has 68 valence electrons. The first-order chi connectivity index (χ1) is 5.18. The molecule has 4 heteroatoms. The van der Waals surface area contributed by atoms with Gasteiger partial charge in [0.2, 0.25) is 0 Å². The van der Waals surface area contributed by atoms with Crippen molar-refractivity contribution in [2.75, 3.05) is 0 Å². The summed E-state index contributed by atoms with van der Waals surface area (Å²) in [6, 6.07) is 5.28. The van der Waals surface area contributed by atoms with Crippen molar-refractivity contribution >= 4 is 5.97 Å². The first-order valence-electron chi connectivity index (χ1n) is 3.13. The average molecular weight is 261 g/mol. The van der Waals surface area contributed by atoms with E-state index >= 15 is 0 Å². The summed E-state index contributed by atoms with van der Waals surface area (Å²) in [5.41, 5.74) is 0.548. The second-order valence-corrected chi connectivity index (χ2v) is 2.18. The van der Waals surface area contributed by atoms with Crippen molar-refractivity contribution in [2.24, 2.45) is 0 Å². The molecule has 0 atom stereocenters. The van der Waals surface area contributed by atoms with Gasteiger partial charge in [0.25, 0.3) is 0 Å². The van der Waals surface area contributed by atoms with E-state index in [9.17, 15) is 14.3 Å². The van der Waals surface area contributed by atoms with Crippen molar-refractivity contribution in [3.05, 3.63) is 35.6 Å². The van der Waals surface area contributed by atoms with Crippen LogP contribution in [-0.2, 0) is 33.6 Å². The molecule has 1 aromatic rings.